The molecule has 0 fully saturated rings. The topological polar surface area (TPSA) is 66.5 Å². The molecular weight excluding hydrogens is 366 g/mol. The summed E-state index contributed by atoms with van der Waals surface area (Å²) < 4.78 is 0. The number of H-pyrrole nitrogens is 1. The molecule has 0 unspecified atom stereocenters. The lowest BCUT2D eigenvalue weighted by Crippen LogP contribution is -2.08. The number of hydrogen-bond donors (Lipinski definition) is 2. The Morgan fingerprint density at radius 3 is 2.68 bits per heavy atom. The van der Waals surface area contributed by atoms with Gasteiger partial charge < -0.3 is 10.3 Å². The molecule has 6 heteroatoms. The summed E-state index contributed by atoms with van der Waals surface area (Å²) in [5, 5.41) is 4.60. The van der Waals surface area contributed by atoms with E-state index in [0.29, 0.717) is 0 Å². The highest BCUT2D eigenvalue weighted by molar-refractivity contribution is 7.19. The first-order chi connectivity index (χ1) is 13.8. The lowest BCUT2D eigenvalue weighted by Gasteiger charge is -2.08. The van der Waals surface area contributed by atoms with Crippen molar-refractivity contribution in [3.8, 4) is 11.1 Å². The number of anilines is 1. The summed E-state index contributed by atoms with van der Waals surface area (Å²) in [6.45, 7) is 2.89. The average molecular weight is 385 g/mol. The van der Waals surface area contributed by atoms with Crippen LogP contribution in [0.4, 0.5) is 5.82 Å². The van der Waals surface area contributed by atoms with Crippen LogP contribution in [0.15, 0.2) is 60.9 Å². The van der Waals surface area contributed by atoms with E-state index in [2.05, 4.69) is 56.4 Å². The maximum Gasteiger partial charge on any atom is 0.138 e. The molecule has 0 aliphatic rings. The Bertz CT molecular complexity index is 1220. The molecule has 0 radical (unpaired) electrons. The van der Waals surface area contributed by atoms with Gasteiger partial charge in [0.15, 0.2) is 0 Å². The van der Waals surface area contributed by atoms with E-state index in [4.69, 9.17) is 0 Å². The van der Waals surface area contributed by atoms with E-state index >= 15 is 0 Å². The molecule has 0 saturated carbocycles. The molecular formula is C22H19N5S. The maximum atomic E-state index is 4.65. The summed E-state index contributed by atoms with van der Waals surface area (Å²) in [5.41, 5.74) is 4.48. The van der Waals surface area contributed by atoms with E-state index < -0.39 is 0 Å². The summed E-state index contributed by atoms with van der Waals surface area (Å²) in [6.07, 6.45) is 2.43. The Hall–Kier alpha value is -3.25. The summed E-state index contributed by atoms with van der Waals surface area (Å²) in [5.74, 6) is 1.85. The second-order valence-electron chi connectivity index (χ2n) is 6.68. The molecule has 0 amide bonds. The number of benzene rings is 2. The normalized spacial score (nSPS) is 11.3. The predicted molar refractivity (Wildman–Crippen MR) is 116 cm³/mol. The van der Waals surface area contributed by atoms with Crippen LogP contribution in [0.3, 0.4) is 0 Å². The van der Waals surface area contributed by atoms with Crippen LogP contribution in [-0.4, -0.2) is 26.5 Å². The fourth-order valence-electron chi connectivity index (χ4n) is 3.55. The molecule has 28 heavy (non-hydrogen) atoms. The van der Waals surface area contributed by atoms with Crippen molar-refractivity contribution in [2.45, 2.75) is 13.3 Å². The van der Waals surface area contributed by atoms with Crippen molar-refractivity contribution in [3.05, 3.63) is 71.6 Å². The highest BCUT2D eigenvalue weighted by Crippen LogP contribution is 2.40. The predicted octanol–water partition coefficient (Wildman–Crippen LogP) is 5.20. The van der Waals surface area contributed by atoms with Crippen LogP contribution < -0.4 is 5.32 Å². The zero-order valence-electron chi connectivity index (χ0n) is 15.4. The fraction of sp³-hybridized carbons (Fsp3) is 0.136. The average Bonchev–Trinajstić information content (AvgIpc) is 3.28. The molecule has 0 aliphatic carbocycles. The lowest BCUT2D eigenvalue weighted by molar-refractivity contribution is 0.929. The molecule has 5 nitrogen and oxygen atoms in total. The summed E-state index contributed by atoms with van der Waals surface area (Å²) in [4.78, 5) is 19.3. The Labute approximate surface area is 166 Å². The minimum Gasteiger partial charge on any atom is -0.369 e. The third kappa shape index (κ3) is 3.01. The van der Waals surface area contributed by atoms with Crippen molar-refractivity contribution >= 4 is 38.4 Å². The summed E-state index contributed by atoms with van der Waals surface area (Å²) in [6, 6.07) is 18.5. The number of thiophene rings is 1. The van der Waals surface area contributed by atoms with Gasteiger partial charge in [0.1, 0.15) is 22.8 Å². The maximum absolute atomic E-state index is 4.65. The van der Waals surface area contributed by atoms with Gasteiger partial charge in [0.25, 0.3) is 0 Å². The van der Waals surface area contributed by atoms with E-state index in [1.54, 1.807) is 17.7 Å². The molecule has 0 bridgehead atoms. The third-order valence-electron chi connectivity index (χ3n) is 4.82. The van der Waals surface area contributed by atoms with Gasteiger partial charge in [-0.05, 0) is 24.6 Å². The van der Waals surface area contributed by atoms with Gasteiger partial charge in [-0.2, -0.15) is 0 Å². The summed E-state index contributed by atoms with van der Waals surface area (Å²) in [7, 11) is 0. The number of hydrogen-bond acceptors (Lipinski definition) is 5. The van der Waals surface area contributed by atoms with Gasteiger partial charge in [0, 0.05) is 23.4 Å². The van der Waals surface area contributed by atoms with Crippen LogP contribution in [0, 0.1) is 6.92 Å². The second-order valence-corrected chi connectivity index (χ2v) is 7.88. The first-order valence-electron chi connectivity index (χ1n) is 9.26. The van der Waals surface area contributed by atoms with Gasteiger partial charge in [-0.15, -0.1) is 11.3 Å². The van der Waals surface area contributed by atoms with Crippen LogP contribution in [0.5, 0.6) is 0 Å². The molecule has 0 aliphatic heterocycles. The van der Waals surface area contributed by atoms with Crippen molar-refractivity contribution in [2.75, 3.05) is 11.9 Å². The number of aromatic amines is 1. The molecule has 2 aromatic carbocycles. The van der Waals surface area contributed by atoms with Crippen LogP contribution in [-0.2, 0) is 6.42 Å². The zero-order valence-corrected chi connectivity index (χ0v) is 16.3. The largest absolute Gasteiger partial charge is 0.369 e. The SMILES string of the molecule is Cc1sc2ncnc(NCCc3nc4ccccc4[nH]3)c2c1-c1ccccc1. The van der Waals surface area contributed by atoms with Gasteiger partial charge in [-0.1, -0.05) is 42.5 Å². The van der Waals surface area contributed by atoms with Gasteiger partial charge in [-0.3, -0.25) is 0 Å². The van der Waals surface area contributed by atoms with Gasteiger partial charge >= 0.3 is 0 Å². The van der Waals surface area contributed by atoms with E-state index in [-0.39, 0.29) is 0 Å². The Kier molecular flexibility index (Phi) is 4.25. The minimum atomic E-state index is 0.745. The zero-order chi connectivity index (χ0) is 18.9. The smallest absolute Gasteiger partial charge is 0.138 e. The van der Waals surface area contributed by atoms with Crippen molar-refractivity contribution < 1.29 is 0 Å². The van der Waals surface area contributed by atoms with Crippen molar-refractivity contribution in [1.82, 2.24) is 19.9 Å². The number of imidazole rings is 1. The monoisotopic (exact) mass is 385 g/mol. The molecule has 3 heterocycles. The standard InChI is InChI=1S/C22H19N5S/c1-14-19(15-7-3-2-4-8-15)20-21(24-13-25-22(20)28-14)23-12-11-18-26-16-9-5-6-10-17(16)27-18/h2-10,13H,11-12H2,1H3,(H,26,27)(H,23,24,25). The van der Waals surface area contributed by atoms with E-state index in [9.17, 15) is 0 Å². The molecule has 3 aromatic heterocycles. The van der Waals surface area contributed by atoms with Crippen LogP contribution >= 0.6 is 11.3 Å². The van der Waals surface area contributed by atoms with Crippen LogP contribution in [0.2, 0.25) is 0 Å². The number of rotatable bonds is 5. The highest BCUT2D eigenvalue weighted by atomic mass is 32.1. The Morgan fingerprint density at radius 1 is 1.00 bits per heavy atom. The van der Waals surface area contributed by atoms with Crippen molar-refractivity contribution in [1.29, 1.82) is 0 Å². The van der Waals surface area contributed by atoms with Crippen molar-refractivity contribution in [2.24, 2.45) is 0 Å². The first kappa shape index (κ1) is 16.9. The summed E-state index contributed by atoms with van der Waals surface area (Å²) >= 11 is 1.71. The molecule has 0 saturated heterocycles. The van der Waals surface area contributed by atoms with E-state index in [1.165, 1.54) is 16.0 Å². The Morgan fingerprint density at radius 2 is 1.82 bits per heavy atom. The molecule has 5 aromatic rings. The van der Waals surface area contributed by atoms with Crippen molar-refractivity contribution in [3.63, 3.8) is 0 Å². The van der Waals surface area contributed by atoms with Crippen LogP contribution in [0.25, 0.3) is 32.4 Å². The number of nitrogens with one attached hydrogen (secondary N) is 2. The van der Waals surface area contributed by atoms with Gasteiger partial charge in [0.05, 0.1) is 16.4 Å². The highest BCUT2D eigenvalue weighted by Gasteiger charge is 2.16. The third-order valence-corrected chi connectivity index (χ3v) is 5.83. The lowest BCUT2D eigenvalue weighted by atomic mass is 10.0. The quantitative estimate of drug-likeness (QED) is 0.436. The minimum absolute atomic E-state index is 0.745. The molecule has 138 valence electrons. The first-order valence-corrected chi connectivity index (χ1v) is 10.1. The Balaban J connectivity index is 1.44. The number of para-hydroxylation sites is 2. The fourth-order valence-corrected chi connectivity index (χ4v) is 4.57. The number of nitrogens with zero attached hydrogens (tertiary/aromatic N) is 3. The number of fused-ring (bicyclic) bond motifs is 2. The van der Waals surface area contributed by atoms with E-state index in [1.807, 2.05) is 30.3 Å². The number of aromatic nitrogens is 4. The molecule has 2 N–H and O–H groups in total. The molecule has 0 spiro atoms. The van der Waals surface area contributed by atoms with Crippen LogP contribution in [0.1, 0.15) is 10.7 Å². The van der Waals surface area contributed by atoms with Gasteiger partial charge in [-0.25, -0.2) is 15.0 Å². The number of aryl methyl sites for hydroxylation is 1. The molecule has 0 atom stereocenters. The second kappa shape index (κ2) is 7.05. The van der Waals surface area contributed by atoms with Gasteiger partial charge in [0.2, 0.25) is 0 Å². The van der Waals surface area contributed by atoms with E-state index in [0.717, 1.165) is 45.9 Å². The molecule has 5 rings (SSSR count).